The largest absolute Gasteiger partial charge is 0.354 e. The maximum absolute atomic E-state index is 12.0. The molecule has 2 aromatic rings. The van der Waals surface area contributed by atoms with E-state index in [0.29, 0.717) is 41.4 Å². The van der Waals surface area contributed by atoms with Gasteiger partial charge in [-0.2, -0.15) is 0 Å². The molecule has 2 N–H and O–H groups in total. The lowest BCUT2D eigenvalue weighted by Gasteiger charge is -2.08. The molecule has 0 spiro atoms. The molecule has 24 heavy (non-hydrogen) atoms. The highest BCUT2D eigenvalue weighted by molar-refractivity contribution is 7.80. The predicted octanol–water partition coefficient (Wildman–Crippen LogP) is 3.11. The van der Waals surface area contributed by atoms with Gasteiger partial charge in [-0.05, 0) is 36.2 Å². The van der Waals surface area contributed by atoms with E-state index in [4.69, 9.17) is 11.6 Å². The van der Waals surface area contributed by atoms with Crippen molar-refractivity contribution in [3.63, 3.8) is 0 Å². The molecule has 0 unspecified atom stereocenters. The molecule has 0 aliphatic carbocycles. The van der Waals surface area contributed by atoms with Crippen LogP contribution < -0.4 is 10.6 Å². The van der Waals surface area contributed by atoms with Crippen molar-refractivity contribution in [1.82, 2.24) is 10.6 Å². The molecule has 0 aromatic heterocycles. The second-order valence-corrected chi connectivity index (χ2v) is 6.17. The van der Waals surface area contributed by atoms with E-state index in [1.54, 1.807) is 18.2 Å². The van der Waals surface area contributed by atoms with Crippen LogP contribution in [0.4, 0.5) is 0 Å². The summed E-state index contributed by atoms with van der Waals surface area (Å²) in [5.41, 5.74) is 1.59. The molecule has 0 aliphatic heterocycles. The first-order chi connectivity index (χ1) is 11.6. The fourth-order valence-electron chi connectivity index (χ4n) is 2.14. The van der Waals surface area contributed by atoms with Crippen LogP contribution in [0, 0.1) is 0 Å². The minimum atomic E-state index is -0.198. The van der Waals surface area contributed by atoms with Gasteiger partial charge in [-0.1, -0.05) is 35.9 Å². The first kappa shape index (κ1) is 18.4. The van der Waals surface area contributed by atoms with Gasteiger partial charge in [0.2, 0.25) is 5.91 Å². The zero-order valence-electron chi connectivity index (χ0n) is 13.1. The number of aryl methyl sites for hydroxylation is 1. The fourth-order valence-corrected chi connectivity index (χ4v) is 2.52. The van der Waals surface area contributed by atoms with Gasteiger partial charge in [-0.25, -0.2) is 0 Å². The van der Waals surface area contributed by atoms with Gasteiger partial charge in [0.05, 0.1) is 5.56 Å². The van der Waals surface area contributed by atoms with Gasteiger partial charge < -0.3 is 10.6 Å². The Kier molecular flexibility index (Phi) is 7.15. The van der Waals surface area contributed by atoms with E-state index in [1.165, 1.54) is 0 Å². The second-order valence-electron chi connectivity index (χ2n) is 5.25. The fraction of sp³-hybridized carbons (Fsp3) is 0.222. The van der Waals surface area contributed by atoms with E-state index in [1.807, 2.05) is 30.3 Å². The molecule has 2 aromatic carbocycles. The highest BCUT2D eigenvalue weighted by atomic mass is 35.5. The summed E-state index contributed by atoms with van der Waals surface area (Å²) >= 11 is 10.1. The molecule has 0 saturated carbocycles. The summed E-state index contributed by atoms with van der Waals surface area (Å²) in [6.45, 7) is 0.757. The van der Waals surface area contributed by atoms with E-state index in [-0.39, 0.29) is 11.8 Å². The van der Waals surface area contributed by atoms with Crippen LogP contribution in [-0.2, 0) is 11.2 Å². The average molecular weight is 363 g/mol. The molecular weight excluding hydrogens is 344 g/mol. The summed E-state index contributed by atoms with van der Waals surface area (Å²) in [5, 5.41) is 6.23. The maximum Gasteiger partial charge on any atom is 0.252 e. The lowest BCUT2D eigenvalue weighted by atomic mass is 10.1. The van der Waals surface area contributed by atoms with E-state index >= 15 is 0 Å². The number of thiol groups is 1. The number of carbonyl (C=O) groups is 2. The Bertz CT molecular complexity index is 704. The Morgan fingerprint density at radius 2 is 1.62 bits per heavy atom. The quantitative estimate of drug-likeness (QED) is 0.523. The normalized spacial score (nSPS) is 10.2. The van der Waals surface area contributed by atoms with Crippen molar-refractivity contribution in [3.05, 3.63) is 64.7 Å². The van der Waals surface area contributed by atoms with E-state index in [2.05, 4.69) is 23.3 Å². The van der Waals surface area contributed by atoms with Crippen LogP contribution in [0.25, 0.3) is 0 Å². The molecule has 0 radical (unpaired) electrons. The third-order valence-corrected chi connectivity index (χ3v) is 4.08. The Morgan fingerprint density at radius 3 is 2.33 bits per heavy atom. The molecule has 0 aliphatic rings. The molecule has 0 atom stereocenters. The molecule has 0 heterocycles. The summed E-state index contributed by atoms with van der Waals surface area (Å²) in [4.78, 5) is 24.4. The third kappa shape index (κ3) is 5.91. The number of carbonyl (C=O) groups excluding carboxylic acids is 2. The van der Waals surface area contributed by atoms with Crippen molar-refractivity contribution < 1.29 is 9.59 Å². The van der Waals surface area contributed by atoms with Crippen LogP contribution in [0.1, 0.15) is 22.3 Å². The smallest absolute Gasteiger partial charge is 0.252 e. The van der Waals surface area contributed by atoms with Gasteiger partial charge in [0, 0.05) is 29.4 Å². The topological polar surface area (TPSA) is 58.2 Å². The average Bonchev–Trinajstić information content (AvgIpc) is 2.58. The summed E-state index contributed by atoms with van der Waals surface area (Å²) in [6.07, 6.45) is 1.05. The van der Waals surface area contributed by atoms with Crippen LogP contribution in [0.5, 0.6) is 0 Å². The lowest BCUT2D eigenvalue weighted by molar-refractivity contribution is -0.121. The molecule has 6 heteroatoms. The van der Waals surface area contributed by atoms with E-state index in [0.717, 1.165) is 5.56 Å². The highest BCUT2D eigenvalue weighted by Crippen LogP contribution is 2.12. The van der Waals surface area contributed by atoms with Crippen molar-refractivity contribution in [2.75, 3.05) is 13.1 Å². The maximum atomic E-state index is 12.0. The molecule has 4 nitrogen and oxygen atoms in total. The molecular formula is C18H19ClN2O2S. The zero-order chi connectivity index (χ0) is 17.4. The zero-order valence-corrected chi connectivity index (χ0v) is 14.7. The standard InChI is InChI=1S/C18H19ClN2O2S/c19-14-8-5-13(6-9-14)7-10-17(22)20-11-12-21-18(23)15-3-1-2-4-16(15)24/h1-6,8-9,24H,7,10-12H2,(H,20,22)(H,21,23). The molecule has 0 bridgehead atoms. The Hall–Kier alpha value is -1.98. The molecule has 2 amide bonds. The lowest BCUT2D eigenvalue weighted by Crippen LogP contribution is -2.34. The monoisotopic (exact) mass is 362 g/mol. The second kappa shape index (κ2) is 9.35. The number of amides is 2. The van der Waals surface area contributed by atoms with Gasteiger partial charge in [-0.15, -0.1) is 12.6 Å². The molecule has 126 valence electrons. The van der Waals surface area contributed by atoms with Crippen molar-refractivity contribution in [3.8, 4) is 0 Å². The predicted molar refractivity (Wildman–Crippen MR) is 98.8 cm³/mol. The first-order valence-electron chi connectivity index (χ1n) is 7.63. The first-order valence-corrected chi connectivity index (χ1v) is 8.46. The van der Waals surface area contributed by atoms with Crippen molar-refractivity contribution >= 4 is 36.0 Å². The van der Waals surface area contributed by atoms with E-state index < -0.39 is 0 Å². The van der Waals surface area contributed by atoms with Crippen LogP contribution in [0.3, 0.4) is 0 Å². The number of benzene rings is 2. The minimum absolute atomic E-state index is 0.0474. The van der Waals surface area contributed by atoms with Crippen LogP contribution >= 0.6 is 24.2 Å². The summed E-state index contributed by atoms with van der Waals surface area (Å²) in [5.74, 6) is -0.246. The number of hydrogen-bond donors (Lipinski definition) is 3. The molecule has 0 fully saturated rings. The van der Waals surface area contributed by atoms with Gasteiger partial charge in [-0.3, -0.25) is 9.59 Å². The van der Waals surface area contributed by atoms with Crippen LogP contribution in [-0.4, -0.2) is 24.9 Å². The summed E-state index contributed by atoms with van der Waals surface area (Å²) in [7, 11) is 0. The number of rotatable bonds is 7. The van der Waals surface area contributed by atoms with Crippen LogP contribution in [0.2, 0.25) is 5.02 Å². The van der Waals surface area contributed by atoms with Gasteiger partial charge >= 0.3 is 0 Å². The van der Waals surface area contributed by atoms with Crippen molar-refractivity contribution in [2.24, 2.45) is 0 Å². The summed E-state index contributed by atoms with van der Waals surface area (Å²) < 4.78 is 0. The van der Waals surface area contributed by atoms with Gasteiger partial charge in [0.25, 0.3) is 5.91 Å². The Labute approximate surface area is 152 Å². The molecule has 2 rings (SSSR count). The van der Waals surface area contributed by atoms with E-state index in [9.17, 15) is 9.59 Å². The van der Waals surface area contributed by atoms with Crippen molar-refractivity contribution in [1.29, 1.82) is 0 Å². The summed E-state index contributed by atoms with van der Waals surface area (Å²) in [6, 6.07) is 14.5. The Morgan fingerprint density at radius 1 is 0.958 bits per heavy atom. The molecule has 0 saturated heterocycles. The van der Waals surface area contributed by atoms with Crippen molar-refractivity contribution in [2.45, 2.75) is 17.7 Å². The van der Waals surface area contributed by atoms with Gasteiger partial charge in [0.15, 0.2) is 0 Å². The highest BCUT2D eigenvalue weighted by Gasteiger charge is 2.08. The third-order valence-electron chi connectivity index (χ3n) is 3.44. The van der Waals surface area contributed by atoms with Gasteiger partial charge in [0.1, 0.15) is 0 Å². The van der Waals surface area contributed by atoms with Crippen LogP contribution in [0.15, 0.2) is 53.4 Å². The minimum Gasteiger partial charge on any atom is -0.354 e. The SMILES string of the molecule is O=C(CCc1ccc(Cl)cc1)NCCNC(=O)c1ccccc1S. The Balaban J connectivity index is 1.65. The number of halogens is 1. The number of nitrogens with one attached hydrogen (secondary N) is 2. The number of hydrogen-bond acceptors (Lipinski definition) is 3.